The second-order valence-electron chi connectivity index (χ2n) is 7.06. The molecule has 0 unspecified atom stereocenters. The summed E-state index contributed by atoms with van der Waals surface area (Å²) >= 11 is 0. The van der Waals surface area contributed by atoms with Gasteiger partial charge in [-0.3, -0.25) is 4.79 Å². The number of ether oxygens (including phenoxy) is 2. The lowest BCUT2D eigenvalue weighted by atomic mass is 9.96. The van der Waals surface area contributed by atoms with Crippen LogP contribution in [0, 0.1) is 5.92 Å². The van der Waals surface area contributed by atoms with Gasteiger partial charge in [0.1, 0.15) is 0 Å². The molecule has 3 rings (SSSR count). The Labute approximate surface area is 133 Å². The van der Waals surface area contributed by atoms with Crippen molar-refractivity contribution in [1.82, 2.24) is 9.80 Å². The van der Waals surface area contributed by atoms with Crippen LogP contribution in [0.5, 0.6) is 0 Å². The summed E-state index contributed by atoms with van der Waals surface area (Å²) in [4.78, 5) is 17.4. The van der Waals surface area contributed by atoms with Crippen molar-refractivity contribution in [1.29, 1.82) is 0 Å². The summed E-state index contributed by atoms with van der Waals surface area (Å²) < 4.78 is 10.9. The van der Waals surface area contributed by atoms with Crippen LogP contribution in [-0.4, -0.2) is 74.4 Å². The standard InChI is InChI=1S/C17H30N2O3/c1-21-16-11-15(12-18-6-2-3-7-18)19(13-16)17(20)10-14-4-8-22-9-5-14/h14-16H,2-13H2,1H3/t15-,16-/m0/s1. The number of nitrogens with zero attached hydrogens (tertiary/aromatic N) is 2. The number of carbonyl (C=O) groups excluding carboxylic acids is 1. The van der Waals surface area contributed by atoms with Crippen molar-refractivity contribution >= 4 is 5.91 Å². The first kappa shape index (κ1) is 16.2. The molecule has 0 saturated carbocycles. The fraction of sp³-hybridized carbons (Fsp3) is 0.941. The lowest BCUT2D eigenvalue weighted by Gasteiger charge is -2.30. The Morgan fingerprint density at radius 3 is 2.64 bits per heavy atom. The average Bonchev–Trinajstić information content (AvgIpc) is 3.18. The van der Waals surface area contributed by atoms with E-state index in [1.165, 1.54) is 25.9 Å². The highest BCUT2D eigenvalue weighted by molar-refractivity contribution is 5.77. The molecule has 3 aliphatic heterocycles. The highest BCUT2D eigenvalue weighted by Gasteiger charge is 2.37. The second-order valence-corrected chi connectivity index (χ2v) is 7.06. The molecule has 5 nitrogen and oxygen atoms in total. The van der Waals surface area contributed by atoms with Gasteiger partial charge in [-0.05, 0) is 51.1 Å². The maximum Gasteiger partial charge on any atom is 0.223 e. The molecule has 3 heterocycles. The molecule has 0 bridgehead atoms. The van der Waals surface area contributed by atoms with Crippen LogP contribution in [0.25, 0.3) is 0 Å². The van der Waals surface area contributed by atoms with Gasteiger partial charge < -0.3 is 19.3 Å². The van der Waals surface area contributed by atoms with Gasteiger partial charge in [-0.15, -0.1) is 0 Å². The molecule has 126 valence electrons. The third-order valence-electron chi connectivity index (χ3n) is 5.50. The summed E-state index contributed by atoms with van der Waals surface area (Å²) in [6.07, 6.45) is 6.57. The van der Waals surface area contributed by atoms with Crippen LogP contribution < -0.4 is 0 Å². The van der Waals surface area contributed by atoms with E-state index >= 15 is 0 Å². The molecule has 0 aromatic heterocycles. The minimum atomic E-state index is 0.214. The second kappa shape index (κ2) is 7.75. The predicted molar refractivity (Wildman–Crippen MR) is 84.7 cm³/mol. The molecule has 5 heteroatoms. The predicted octanol–water partition coefficient (Wildman–Crippen LogP) is 1.51. The molecule has 2 atom stereocenters. The van der Waals surface area contributed by atoms with Crippen LogP contribution >= 0.6 is 0 Å². The first-order valence-electron chi connectivity index (χ1n) is 8.88. The molecule has 3 aliphatic rings. The van der Waals surface area contributed by atoms with E-state index in [9.17, 15) is 4.79 Å². The number of amides is 1. The van der Waals surface area contributed by atoms with Crippen molar-refractivity contribution in [3.8, 4) is 0 Å². The van der Waals surface area contributed by atoms with Crippen LogP contribution in [0.1, 0.15) is 38.5 Å². The third-order valence-corrected chi connectivity index (χ3v) is 5.50. The third kappa shape index (κ3) is 4.00. The van der Waals surface area contributed by atoms with Crippen LogP contribution in [-0.2, 0) is 14.3 Å². The maximum atomic E-state index is 12.8. The van der Waals surface area contributed by atoms with Crippen molar-refractivity contribution in [2.24, 2.45) is 5.92 Å². The van der Waals surface area contributed by atoms with Crippen LogP contribution in [0.4, 0.5) is 0 Å². The van der Waals surface area contributed by atoms with Gasteiger partial charge in [-0.1, -0.05) is 0 Å². The van der Waals surface area contributed by atoms with Crippen molar-refractivity contribution in [3.05, 3.63) is 0 Å². The van der Waals surface area contributed by atoms with E-state index in [2.05, 4.69) is 9.80 Å². The number of hydrogen-bond acceptors (Lipinski definition) is 4. The van der Waals surface area contributed by atoms with E-state index in [4.69, 9.17) is 9.47 Å². The average molecular weight is 310 g/mol. The van der Waals surface area contributed by atoms with Crippen LogP contribution in [0.2, 0.25) is 0 Å². The molecule has 0 aromatic carbocycles. The fourth-order valence-electron chi connectivity index (χ4n) is 4.10. The van der Waals surface area contributed by atoms with Crippen LogP contribution in [0.3, 0.4) is 0 Å². The van der Waals surface area contributed by atoms with Gasteiger partial charge in [0.2, 0.25) is 5.91 Å². The lowest BCUT2D eigenvalue weighted by Crippen LogP contribution is -2.43. The zero-order valence-electron chi connectivity index (χ0n) is 13.8. The molecular weight excluding hydrogens is 280 g/mol. The molecule has 0 radical (unpaired) electrons. The number of hydrogen-bond donors (Lipinski definition) is 0. The Hall–Kier alpha value is -0.650. The van der Waals surface area contributed by atoms with E-state index in [-0.39, 0.29) is 6.10 Å². The van der Waals surface area contributed by atoms with E-state index in [1.807, 2.05) is 0 Å². The molecule has 0 aliphatic carbocycles. The van der Waals surface area contributed by atoms with Gasteiger partial charge in [0.05, 0.1) is 6.10 Å². The zero-order chi connectivity index (χ0) is 15.4. The molecule has 1 amide bonds. The highest BCUT2D eigenvalue weighted by Crippen LogP contribution is 2.26. The molecular formula is C17H30N2O3. The summed E-state index contributed by atoms with van der Waals surface area (Å²) in [6.45, 7) is 5.81. The number of rotatable bonds is 5. The van der Waals surface area contributed by atoms with Crippen molar-refractivity contribution in [3.63, 3.8) is 0 Å². The normalized spacial score (nSPS) is 31.0. The van der Waals surface area contributed by atoms with Crippen molar-refractivity contribution in [2.75, 3.05) is 46.5 Å². The zero-order valence-corrected chi connectivity index (χ0v) is 13.8. The van der Waals surface area contributed by atoms with Gasteiger partial charge in [-0.25, -0.2) is 0 Å². The number of methoxy groups -OCH3 is 1. The largest absolute Gasteiger partial charge is 0.381 e. The molecule has 0 spiro atoms. The Kier molecular flexibility index (Phi) is 5.71. The van der Waals surface area contributed by atoms with E-state index < -0.39 is 0 Å². The Balaban J connectivity index is 1.56. The summed E-state index contributed by atoms with van der Waals surface area (Å²) in [7, 11) is 1.77. The minimum absolute atomic E-state index is 0.214. The first-order valence-corrected chi connectivity index (χ1v) is 8.88. The fourth-order valence-corrected chi connectivity index (χ4v) is 4.10. The van der Waals surface area contributed by atoms with E-state index in [0.717, 1.165) is 45.6 Å². The lowest BCUT2D eigenvalue weighted by molar-refractivity contribution is -0.134. The molecule has 3 saturated heterocycles. The Bertz CT molecular complexity index is 365. The molecule has 0 N–H and O–H groups in total. The topological polar surface area (TPSA) is 42.0 Å². The molecule has 0 aromatic rings. The molecule has 22 heavy (non-hydrogen) atoms. The van der Waals surface area contributed by atoms with Gasteiger partial charge in [0, 0.05) is 45.9 Å². The van der Waals surface area contributed by atoms with Crippen LogP contribution in [0.15, 0.2) is 0 Å². The maximum absolute atomic E-state index is 12.8. The number of likely N-dealkylation sites (tertiary alicyclic amines) is 2. The highest BCUT2D eigenvalue weighted by atomic mass is 16.5. The van der Waals surface area contributed by atoms with Gasteiger partial charge in [-0.2, -0.15) is 0 Å². The quantitative estimate of drug-likeness (QED) is 0.772. The van der Waals surface area contributed by atoms with Crippen molar-refractivity contribution < 1.29 is 14.3 Å². The summed E-state index contributed by atoms with van der Waals surface area (Å²) in [5, 5.41) is 0. The van der Waals surface area contributed by atoms with Crippen molar-refractivity contribution in [2.45, 2.75) is 50.7 Å². The van der Waals surface area contributed by atoms with Gasteiger partial charge in [0.15, 0.2) is 0 Å². The van der Waals surface area contributed by atoms with E-state index in [0.29, 0.717) is 24.3 Å². The summed E-state index contributed by atoms with van der Waals surface area (Å²) in [6, 6.07) is 0.343. The number of carbonyl (C=O) groups is 1. The summed E-state index contributed by atoms with van der Waals surface area (Å²) in [5.74, 6) is 0.839. The van der Waals surface area contributed by atoms with E-state index in [1.54, 1.807) is 7.11 Å². The Morgan fingerprint density at radius 1 is 1.23 bits per heavy atom. The SMILES string of the molecule is CO[C@H]1C[C@@H](CN2CCCC2)N(C(=O)CC2CCOCC2)C1. The molecule has 3 fully saturated rings. The first-order chi connectivity index (χ1) is 10.8. The minimum Gasteiger partial charge on any atom is -0.381 e. The smallest absolute Gasteiger partial charge is 0.223 e. The summed E-state index contributed by atoms with van der Waals surface area (Å²) in [5.41, 5.74) is 0. The monoisotopic (exact) mass is 310 g/mol. The van der Waals surface area contributed by atoms with Gasteiger partial charge in [0.25, 0.3) is 0 Å². The van der Waals surface area contributed by atoms with Gasteiger partial charge >= 0.3 is 0 Å². The Morgan fingerprint density at radius 2 is 1.95 bits per heavy atom.